The number of likely N-dealkylation sites (N-methyl/N-ethyl adjacent to an activating group) is 1. The zero-order chi connectivity index (χ0) is 19.1. The molecule has 0 heterocycles. The molecule has 0 aliphatic heterocycles. The van der Waals surface area contributed by atoms with Crippen LogP contribution in [0, 0.1) is 0 Å². The maximum absolute atomic E-state index is 13.1. The van der Waals surface area contributed by atoms with Gasteiger partial charge in [-0.15, -0.1) is 0 Å². The fourth-order valence-corrected chi connectivity index (χ4v) is 4.21. The Balaban J connectivity index is 2.46. The van der Waals surface area contributed by atoms with Gasteiger partial charge in [0.15, 0.2) is 5.78 Å². The smallest absolute Gasteiger partial charge is 0.304 e. The van der Waals surface area contributed by atoms with E-state index in [9.17, 15) is 26.4 Å². The van der Waals surface area contributed by atoms with Crippen LogP contribution in [0.3, 0.4) is 0 Å². The molecule has 1 fully saturated rings. The van der Waals surface area contributed by atoms with E-state index in [1.165, 1.54) is 26.1 Å². The molecule has 2 atom stereocenters. The highest BCUT2D eigenvalue weighted by atomic mass is 32.2. The average Bonchev–Trinajstić information content (AvgIpc) is 2.48. The van der Waals surface area contributed by atoms with E-state index in [1.54, 1.807) is 0 Å². The monoisotopic (exact) mass is 379 g/mol. The third kappa shape index (κ3) is 3.88. The van der Waals surface area contributed by atoms with E-state index < -0.39 is 38.8 Å². The van der Waals surface area contributed by atoms with E-state index in [0.717, 1.165) is 18.4 Å². The summed E-state index contributed by atoms with van der Waals surface area (Å²) in [6.07, 6.45) is -2.60. The normalized spacial score (nSPS) is 28.2. The Morgan fingerprint density at radius 1 is 1.16 bits per heavy atom. The lowest BCUT2D eigenvalue weighted by molar-refractivity contribution is -0.145. The van der Waals surface area contributed by atoms with Gasteiger partial charge >= 0.3 is 6.18 Å². The number of Topliss-reactive ketones (excluding diaryl/α,β-unsaturated/α-hetero) is 1. The second-order valence-electron chi connectivity index (χ2n) is 6.43. The number of hydrogen-bond acceptors (Lipinski definition) is 5. The Morgan fingerprint density at radius 3 is 2.16 bits per heavy atom. The Morgan fingerprint density at radius 2 is 1.72 bits per heavy atom. The molecule has 1 aromatic rings. The van der Waals surface area contributed by atoms with Gasteiger partial charge in [-0.3, -0.25) is 8.98 Å². The molecule has 1 aliphatic carbocycles. The maximum Gasteiger partial charge on any atom is 0.416 e. The highest BCUT2D eigenvalue weighted by molar-refractivity contribution is 7.86. The fraction of sp³-hybridized carbons (Fsp3) is 0.562. The van der Waals surface area contributed by atoms with Crippen molar-refractivity contribution in [3.8, 4) is 0 Å². The minimum absolute atomic E-state index is 0.211. The van der Waals surface area contributed by atoms with Gasteiger partial charge in [-0.05, 0) is 50.9 Å². The summed E-state index contributed by atoms with van der Waals surface area (Å²) >= 11 is 0. The molecule has 0 unspecified atom stereocenters. The van der Waals surface area contributed by atoms with Crippen molar-refractivity contribution in [2.75, 3.05) is 13.3 Å². The molecule has 1 N–H and O–H groups in total. The summed E-state index contributed by atoms with van der Waals surface area (Å²) in [5, 5.41) is 2.88. The Bertz CT molecular complexity index is 761. The largest absolute Gasteiger partial charge is 0.416 e. The molecule has 1 saturated carbocycles. The quantitative estimate of drug-likeness (QED) is 0.815. The van der Waals surface area contributed by atoms with E-state index in [-0.39, 0.29) is 6.42 Å². The van der Waals surface area contributed by atoms with Crippen molar-refractivity contribution >= 4 is 15.9 Å². The van der Waals surface area contributed by atoms with Crippen LogP contribution >= 0.6 is 0 Å². The number of carbonyl (C=O) groups is 1. The summed E-state index contributed by atoms with van der Waals surface area (Å²) in [5.41, 5.74) is -3.35. The van der Waals surface area contributed by atoms with Gasteiger partial charge in [0, 0.05) is 0 Å². The van der Waals surface area contributed by atoms with Crippen LogP contribution in [0.1, 0.15) is 37.3 Å². The van der Waals surface area contributed by atoms with Crippen molar-refractivity contribution in [1.29, 1.82) is 0 Å². The van der Waals surface area contributed by atoms with Crippen LogP contribution in [-0.4, -0.2) is 33.1 Å². The molecule has 2 rings (SSSR count). The lowest BCUT2D eigenvalue weighted by atomic mass is 9.69. The Labute approximate surface area is 144 Å². The second-order valence-corrected chi connectivity index (χ2v) is 8.01. The number of ketones is 1. The van der Waals surface area contributed by atoms with Crippen molar-refractivity contribution in [2.24, 2.45) is 0 Å². The lowest BCUT2D eigenvalue weighted by Gasteiger charge is -2.44. The highest BCUT2D eigenvalue weighted by Gasteiger charge is 2.53. The van der Waals surface area contributed by atoms with Gasteiger partial charge in [0.2, 0.25) is 0 Å². The first-order chi connectivity index (χ1) is 11.3. The van der Waals surface area contributed by atoms with Crippen LogP contribution < -0.4 is 5.32 Å². The minimum Gasteiger partial charge on any atom is -0.304 e. The zero-order valence-corrected chi connectivity index (χ0v) is 14.9. The van der Waals surface area contributed by atoms with Gasteiger partial charge < -0.3 is 5.32 Å². The molecule has 0 aromatic heterocycles. The van der Waals surface area contributed by atoms with Gasteiger partial charge in [0.1, 0.15) is 11.1 Å². The van der Waals surface area contributed by atoms with Crippen molar-refractivity contribution in [3.05, 3.63) is 35.4 Å². The van der Waals surface area contributed by atoms with Crippen LogP contribution in [0.2, 0.25) is 0 Å². The number of alkyl halides is 3. The molecule has 0 bridgehead atoms. The number of hydrogen-bond donors (Lipinski definition) is 1. The number of carbonyl (C=O) groups excluding carboxylic acids is 1. The summed E-state index contributed by atoms with van der Waals surface area (Å²) in [6, 6.07) is 4.29. The van der Waals surface area contributed by atoms with Crippen LogP contribution in [0.5, 0.6) is 0 Å². The molecule has 1 aliphatic rings. The van der Waals surface area contributed by atoms with Gasteiger partial charge in [-0.1, -0.05) is 12.1 Å². The first kappa shape index (κ1) is 19.9. The summed E-state index contributed by atoms with van der Waals surface area (Å²) in [4.78, 5) is 13.1. The summed E-state index contributed by atoms with van der Waals surface area (Å²) < 4.78 is 66.3. The lowest BCUT2D eigenvalue weighted by Crippen LogP contribution is -2.60. The predicted molar refractivity (Wildman–Crippen MR) is 85.4 cm³/mol. The molecular formula is C16H20F3NO4S. The van der Waals surface area contributed by atoms with Gasteiger partial charge in [-0.25, -0.2) is 0 Å². The first-order valence-corrected chi connectivity index (χ1v) is 9.48. The van der Waals surface area contributed by atoms with E-state index in [2.05, 4.69) is 5.32 Å². The van der Waals surface area contributed by atoms with Crippen LogP contribution in [0.4, 0.5) is 13.2 Å². The van der Waals surface area contributed by atoms with Crippen molar-refractivity contribution in [2.45, 2.75) is 43.5 Å². The van der Waals surface area contributed by atoms with Crippen LogP contribution in [0.15, 0.2) is 24.3 Å². The topological polar surface area (TPSA) is 72.5 Å². The third-order valence-electron chi connectivity index (χ3n) is 4.54. The van der Waals surface area contributed by atoms with Crippen molar-refractivity contribution in [1.82, 2.24) is 5.32 Å². The molecule has 0 amide bonds. The molecule has 1 aromatic carbocycles. The maximum atomic E-state index is 13.1. The molecular weight excluding hydrogens is 359 g/mol. The van der Waals surface area contributed by atoms with Crippen molar-refractivity contribution in [3.63, 3.8) is 0 Å². The number of nitrogens with one attached hydrogen (secondary N) is 1. The van der Waals surface area contributed by atoms with E-state index in [0.29, 0.717) is 18.4 Å². The van der Waals surface area contributed by atoms with E-state index in [4.69, 9.17) is 4.18 Å². The predicted octanol–water partition coefficient (Wildman–Crippen LogP) is 2.61. The van der Waals surface area contributed by atoms with Gasteiger partial charge in [-0.2, -0.15) is 21.6 Å². The van der Waals surface area contributed by atoms with Crippen LogP contribution in [0.25, 0.3) is 0 Å². The summed E-state index contributed by atoms with van der Waals surface area (Å²) in [5.74, 6) is -0.515. The Kier molecular flexibility index (Phi) is 5.06. The zero-order valence-electron chi connectivity index (χ0n) is 14.1. The number of halogens is 3. The average molecular weight is 379 g/mol. The molecule has 140 valence electrons. The van der Waals surface area contributed by atoms with Gasteiger partial charge in [0.05, 0.1) is 11.8 Å². The third-order valence-corrected chi connectivity index (χ3v) is 5.21. The standard InChI is InChI=1S/C16H20F3NO4S/c1-14(24-25(3,22)23)9-4-10-15(20-2,13(14)21)11-5-7-12(8-6-11)16(17,18)19/h5-8,20H,4,9-10H2,1-3H3/t14-,15+/m0/s1. The van der Waals surface area contributed by atoms with Crippen LogP contribution in [-0.2, 0) is 30.8 Å². The fourth-order valence-electron chi connectivity index (χ4n) is 3.38. The highest BCUT2D eigenvalue weighted by Crippen LogP contribution is 2.42. The van der Waals surface area contributed by atoms with E-state index >= 15 is 0 Å². The van der Waals surface area contributed by atoms with Gasteiger partial charge in [0.25, 0.3) is 10.1 Å². The summed E-state index contributed by atoms with van der Waals surface area (Å²) in [6.45, 7) is 1.39. The van der Waals surface area contributed by atoms with Crippen molar-refractivity contribution < 1.29 is 30.6 Å². The molecule has 0 radical (unpaired) electrons. The minimum atomic E-state index is -4.48. The first-order valence-electron chi connectivity index (χ1n) is 7.66. The number of benzene rings is 1. The second kappa shape index (κ2) is 6.37. The Hall–Kier alpha value is -1.45. The molecule has 9 heteroatoms. The molecule has 25 heavy (non-hydrogen) atoms. The number of rotatable bonds is 4. The SMILES string of the molecule is CN[C@@]1(c2ccc(C(F)(F)F)cc2)CCC[C@](C)(OS(C)(=O)=O)C1=O. The molecule has 0 saturated heterocycles. The molecule has 5 nitrogen and oxygen atoms in total. The summed E-state index contributed by atoms with van der Waals surface area (Å²) in [7, 11) is -2.36. The molecule has 0 spiro atoms. The van der Waals surface area contributed by atoms with E-state index in [1.807, 2.05) is 0 Å².